The lowest BCUT2D eigenvalue weighted by Gasteiger charge is -2.16. The van der Waals surface area contributed by atoms with Crippen molar-refractivity contribution in [3.05, 3.63) is 77.9 Å². The lowest BCUT2D eigenvalue weighted by Crippen LogP contribution is -1.95. The number of anilines is 1. The molecule has 23 heavy (non-hydrogen) atoms. The smallest absolute Gasteiger partial charge is 0.0346 e. The molecule has 1 nitrogen and oxygen atoms in total. The van der Waals surface area contributed by atoms with Gasteiger partial charge in [0, 0.05) is 5.69 Å². The molecule has 2 N–H and O–H groups in total. The van der Waals surface area contributed by atoms with E-state index in [1.807, 2.05) is 6.07 Å². The number of fused-ring (bicyclic) bond motifs is 2. The fourth-order valence-electron chi connectivity index (χ4n) is 3.42. The third-order valence-electron chi connectivity index (χ3n) is 4.87. The molecule has 0 aliphatic carbocycles. The first-order valence-corrected chi connectivity index (χ1v) is 7.93. The first-order chi connectivity index (χ1) is 11.2. The Labute approximate surface area is 136 Å². The number of nitrogen functional groups attached to an aromatic ring is 1. The van der Waals surface area contributed by atoms with E-state index in [-0.39, 0.29) is 0 Å². The molecular weight excluding hydrogens is 278 g/mol. The van der Waals surface area contributed by atoms with Crippen LogP contribution >= 0.6 is 0 Å². The van der Waals surface area contributed by atoms with Crippen molar-refractivity contribution in [2.75, 3.05) is 5.73 Å². The number of hydrogen-bond acceptors (Lipinski definition) is 1. The second kappa shape index (κ2) is 5.13. The van der Waals surface area contributed by atoms with E-state index in [4.69, 9.17) is 5.73 Å². The average Bonchev–Trinajstić information content (AvgIpc) is 2.58. The van der Waals surface area contributed by atoms with Crippen LogP contribution in [0, 0.1) is 13.8 Å². The van der Waals surface area contributed by atoms with E-state index in [2.05, 4.69) is 74.5 Å². The third-order valence-corrected chi connectivity index (χ3v) is 4.87. The van der Waals surface area contributed by atoms with E-state index >= 15 is 0 Å². The maximum atomic E-state index is 6.09. The van der Waals surface area contributed by atoms with E-state index in [0.29, 0.717) is 0 Å². The molecule has 0 saturated carbocycles. The highest BCUT2D eigenvalue weighted by Crippen LogP contribution is 2.39. The zero-order valence-electron chi connectivity index (χ0n) is 13.4. The molecule has 0 fully saturated rings. The van der Waals surface area contributed by atoms with Crippen molar-refractivity contribution < 1.29 is 0 Å². The first-order valence-electron chi connectivity index (χ1n) is 7.93. The van der Waals surface area contributed by atoms with Gasteiger partial charge in [-0.3, -0.25) is 0 Å². The molecule has 0 atom stereocenters. The van der Waals surface area contributed by atoms with E-state index in [1.54, 1.807) is 0 Å². The van der Waals surface area contributed by atoms with Gasteiger partial charge in [0.2, 0.25) is 0 Å². The van der Waals surface area contributed by atoms with Crippen LogP contribution in [-0.2, 0) is 0 Å². The van der Waals surface area contributed by atoms with Gasteiger partial charge in [0.1, 0.15) is 0 Å². The van der Waals surface area contributed by atoms with E-state index in [1.165, 1.54) is 43.8 Å². The van der Waals surface area contributed by atoms with Gasteiger partial charge in [0.05, 0.1) is 0 Å². The molecule has 0 aromatic heterocycles. The molecule has 112 valence electrons. The summed E-state index contributed by atoms with van der Waals surface area (Å²) in [7, 11) is 0. The molecule has 1 heteroatoms. The Balaban J connectivity index is 2.22. The molecule has 0 saturated heterocycles. The fraction of sp³-hybridized carbons (Fsp3) is 0.0909. The molecule has 0 amide bonds. The minimum absolute atomic E-state index is 0.857. The number of rotatable bonds is 1. The highest BCUT2D eigenvalue weighted by atomic mass is 14.6. The fourth-order valence-corrected chi connectivity index (χ4v) is 3.42. The quantitative estimate of drug-likeness (QED) is 0.345. The normalized spacial score (nSPS) is 11.2. The van der Waals surface area contributed by atoms with Crippen molar-refractivity contribution in [3.8, 4) is 11.1 Å². The number of nitrogens with two attached hydrogens (primary N) is 1. The van der Waals surface area contributed by atoms with Crippen molar-refractivity contribution >= 4 is 27.2 Å². The largest absolute Gasteiger partial charge is 0.399 e. The van der Waals surface area contributed by atoms with Crippen molar-refractivity contribution in [1.82, 2.24) is 0 Å². The highest BCUT2D eigenvalue weighted by Gasteiger charge is 2.13. The van der Waals surface area contributed by atoms with E-state index < -0.39 is 0 Å². The molecule has 0 aliphatic heterocycles. The summed E-state index contributed by atoms with van der Waals surface area (Å²) in [5.74, 6) is 0. The topological polar surface area (TPSA) is 26.0 Å². The van der Waals surface area contributed by atoms with Crippen molar-refractivity contribution in [3.63, 3.8) is 0 Å². The van der Waals surface area contributed by atoms with Gasteiger partial charge in [0.15, 0.2) is 0 Å². The summed E-state index contributed by atoms with van der Waals surface area (Å²) in [6, 6.07) is 23.7. The van der Waals surface area contributed by atoms with E-state index in [9.17, 15) is 0 Å². The second-order valence-electron chi connectivity index (χ2n) is 6.15. The van der Waals surface area contributed by atoms with Crippen LogP contribution in [0.15, 0.2) is 66.7 Å². The summed E-state index contributed by atoms with van der Waals surface area (Å²) >= 11 is 0. The minimum Gasteiger partial charge on any atom is -0.399 e. The van der Waals surface area contributed by atoms with Crippen LogP contribution in [-0.4, -0.2) is 0 Å². The summed E-state index contributed by atoms with van der Waals surface area (Å²) in [5.41, 5.74) is 11.9. The standard InChI is InChI=1S/C22H19N/c1-14-15(2)21(23)12-11-18(14)22-19-9-5-3-7-16(19)13-17-8-4-6-10-20(17)22/h3-13H,23H2,1-2H3. The molecule has 0 spiro atoms. The molecule has 4 aromatic rings. The maximum Gasteiger partial charge on any atom is 0.0346 e. The molecule has 0 unspecified atom stereocenters. The lowest BCUT2D eigenvalue weighted by molar-refractivity contribution is 1.35. The van der Waals surface area contributed by atoms with Crippen molar-refractivity contribution in [2.24, 2.45) is 0 Å². The summed E-state index contributed by atoms with van der Waals surface area (Å²) in [6.07, 6.45) is 0. The molecule has 4 aromatic carbocycles. The lowest BCUT2D eigenvalue weighted by atomic mass is 9.88. The maximum absolute atomic E-state index is 6.09. The Kier molecular flexibility index (Phi) is 3.09. The van der Waals surface area contributed by atoms with Crippen LogP contribution in [0.2, 0.25) is 0 Å². The van der Waals surface area contributed by atoms with Crippen LogP contribution in [0.25, 0.3) is 32.7 Å². The van der Waals surface area contributed by atoms with Crippen LogP contribution < -0.4 is 5.73 Å². The Morgan fingerprint density at radius 2 is 1.22 bits per heavy atom. The van der Waals surface area contributed by atoms with Gasteiger partial charge in [0.25, 0.3) is 0 Å². The predicted molar refractivity (Wildman–Crippen MR) is 101 cm³/mol. The molecular formula is C22H19N. The summed E-state index contributed by atoms with van der Waals surface area (Å²) in [5, 5.41) is 5.13. The Morgan fingerprint density at radius 3 is 1.83 bits per heavy atom. The first kappa shape index (κ1) is 13.8. The van der Waals surface area contributed by atoms with Crippen molar-refractivity contribution in [2.45, 2.75) is 13.8 Å². The van der Waals surface area contributed by atoms with Gasteiger partial charge in [-0.05, 0) is 69.8 Å². The highest BCUT2D eigenvalue weighted by molar-refractivity contribution is 6.13. The third kappa shape index (κ3) is 2.08. The van der Waals surface area contributed by atoms with Crippen LogP contribution in [0.4, 0.5) is 5.69 Å². The molecule has 0 heterocycles. The average molecular weight is 297 g/mol. The van der Waals surface area contributed by atoms with Crippen LogP contribution in [0.5, 0.6) is 0 Å². The molecule has 0 radical (unpaired) electrons. The Bertz CT molecular complexity index is 990. The molecule has 0 bridgehead atoms. The second-order valence-corrected chi connectivity index (χ2v) is 6.15. The van der Waals surface area contributed by atoms with Crippen LogP contribution in [0.1, 0.15) is 11.1 Å². The van der Waals surface area contributed by atoms with Crippen molar-refractivity contribution in [1.29, 1.82) is 0 Å². The Hall–Kier alpha value is -2.80. The van der Waals surface area contributed by atoms with Gasteiger partial charge < -0.3 is 5.73 Å². The predicted octanol–water partition coefficient (Wildman–Crippen LogP) is 5.86. The zero-order chi connectivity index (χ0) is 16.0. The SMILES string of the molecule is Cc1c(N)ccc(-c2c3ccccc3cc3ccccc23)c1C. The van der Waals surface area contributed by atoms with E-state index in [0.717, 1.165) is 5.69 Å². The van der Waals surface area contributed by atoms with Gasteiger partial charge in [-0.25, -0.2) is 0 Å². The van der Waals surface area contributed by atoms with Gasteiger partial charge >= 0.3 is 0 Å². The van der Waals surface area contributed by atoms with Gasteiger partial charge in [-0.15, -0.1) is 0 Å². The summed E-state index contributed by atoms with van der Waals surface area (Å²) in [4.78, 5) is 0. The van der Waals surface area contributed by atoms with Gasteiger partial charge in [-0.2, -0.15) is 0 Å². The number of hydrogen-bond donors (Lipinski definition) is 1. The monoisotopic (exact) mass is 297 g/mol. The molecule has 0 aliphatic rings. The minimum atomic E-state index is 0.857. The van der Waals surface area contributed by atoms with Gasteiger partial charge in [-0.1, -0.05) is 54.6 Å². The number of benzene rings is 4. The van der Waals surface area contributed by atoms with Crippen LogP contribution in [0.3, 0.4) is 0 Å². The summed E-state index contributed by atoms with van der Waals surface area (Å²) in [6.45, 7) is 4.26. The summed E-state index contributed by atoms with van der Waals surface area (Å²) < 4.78 is 0. The zero-order valence-corrected chi connectivity index (χ0v) is 13.4. The molecule has 4 rings (SSSR count). The Morgan fingerprint density at radius 1 is 0.652 bits per heavy atom.